The number of non-ortho nitro benzene ring substituents is 1. The predicted molar refractivity (Wildman–Crippen MR) is 97.3 cm³/mol. The first kappa shape index (κ1) is 21.8. The Morgan fingerprint density at radius 3 is 2.14 bits per heavy atom. The smallest absolute Gasteiger partial charge is 0.418 e. The lowest BCUT2D eigenvalue weighted by Gasteiger charge is -2.45. The number of carbonyl (C=O) groups is 1. The second-order valence-electron chi connectivity index (χ2n) is 7.95. The molecule has 1 aromatic carbocycles. The zero-order valence-electron chi connectivity index (χ0n) is 16.4. The summed E-state index contributed by atoms with van der Waals surface area (Å²) in [5.41, 5.74) is -2.51. The van der Waals surface area contributed by atoms with Crippen molar-refractivity contribution in [3.05, 3.63) is 33.9 Å². The lowest BCUT2D eigenvalue weighted by molar-refractivity contribution is -0.385. The third-order valence-electron chi connectivity index (χ3n) is 4.36. The van der Waals surface area contributed by atoms with E-state index in [1.165, 1.54) is 9.80 Å². The van der Waals surface area contributed by atoms with Crippen molar-refractivity contribution in [1.82, 2.24) is 4.90 Å². The van der Waals surface area contributed by atoms with E-state index in [9.17, 15) is 28.1 Å². The Labute approximate surface area is 161 Å². The molecule has 0 aliphatic carbocycles. The standard InChI is InChI=1S/C18H24F3N3O4/c1-11-9-22(10-12(2)23(11)16(25)28-17(3,4)5)15-7-6-13(24(26)27)8-14(15)18(19,20)21/h6-8,11-12H,9-10H2,1-5H3/t11-,12+. The fourth-order valence-electron chi connectivity index (χ4n) is 3.33. The average Bonchev–Trinajstić information content (AvgIpc) is 2.50. The molecule has 0 N–H and O–H groups in total. The molecule has 1 aromatic rings. The highest BCUT2D eigenvalue weighted by Gasteiger charge is 2.40. The zero-order valence-corrected chi connectivity index (χ0v) is 16.4. The Balaban J connectivity index is 2.32. The maximum atomic E-state index is 13.5. The predicted octanol–water partition coefficient (Wildman–Crippen LogP) is 4.45. The topological polar surface area (TPSA) is 75.9 Å². The van der Waals surface area contributed by atoms with Gasteiger partial charge in [0.15, 0.2) is 0 Å². The first-order valence-electron chi connectivity index (χ1n) is 8.82. The SMILES string of the molecule is C[C@@H]1CN(c2ccc([N+](=O)[O-])cc2C(F)(F)F)C[C@H](C)N1C(=O)OC(C)(C)C. The molecule has 2 atom stereocenters. The van der Waals surface area contributed by atoms with Gasteiger partial charge in [-0.15, -0.1) is 0 Å². The molecule has 7 nitrogen and oxygen atoms in total. The van der Waals surface area contributed by atoms with Gasteiger partial charge in [0.1, 0.15) is 5.60 Å². The van der Waals surface area contributed by atoms with Gasteiger partial charge in [-0.1, -0.05) is 0 Å². The quantitative estimate of drug-likeness (QED) is 0.539. The minimum atomic E-state index is -4.74. The molecule has 156 valence electrons. The number of nitro groups is 1. The van der Waals surface area contributed by atoms with Gasteiger partial charge < -0.3 is 9.64 Å². The molecule has 1 aliphatic rings. The van der Waals surface area contributed by atoms with Crippen LogP contribution in [0.4, 0.5) is 29.3 Å². The molecular weight excluding hydrogens is 379 g/mol. The van der Waals surface area contributed by atoms with Crippen LogP contribution in [-0.4, -0.2) is 46.7 Å². The Morgan fingerprint density at radius 2 is 1.71 bits per heavy atom. The van der Waals surface area contributed by atoms with Gasteiger partial charge in [0.25, 0.3) is 5.69 Å². The maximum Gasteiger partial charge on any atom is 0.418 e. The van der Waals surface area contributed by atoms with E-state index in [1.807, 2.05) is 0 Å². The Morgan fingerprint density at radius 1 is 1.18 bits per heavy atom. The number of hydrogen-bond acceptors (Lipinski definition) is 5. The van der Waals surface area contributed by atoms with Gasteiger partial charge in [-0.2, -0.15) is 13.2 Å². The van der Waals surface area contributed by atoms with Crippen LogP contribution in [0.5, 0.6) is 0 Å². The summed E-state index contributed by atoms with van der Waals surface area (Å²) in [5.74, 6) is 0. The summed E-state index contributed by atoms with van der Waals surface area (Å²) >= 11 is 0. The van der Waals surface area contributed by atoms with Crippen molar-refractivity contribution in [1.29, 1.82) is 0 Å². The first-order valence-corrected chi connectivity index (χ1v) is 8.82. The molecule has 1 heterocycles. The number of benzene rings is 1. The summed E-state index contributed by atoms with van der Waals surface area (Å²) in [7, 11) is 0. The maximum absolute atomic E-state index is 13.5. The van der Waals surface area contributed by atoms with Gasteiger partial charge in [-0.05, 0) is 40.7 Å². The van der Waals surface area contributed by atoms with E-state index in [4.69, 9.17) is 4.74 Å². The number of piperazine rings is 1. The van der Waals surface area contributed by atoms with E-state index < -0.39 is 46.1 Å². The monoisotopic (exact) mass is 403 g/mol. The van der Waals surface area contributed by atoms with Gasteiger partial charge in [0.05, 0.1) is 22.6 Å². The lowest BCUT2D eigenvalue weighted by atomic mass is 10.0. The van der Waals surface area contributed by atoms with Crippen LogP contribution < -0.4 is 4.90 Å². The van der Waals surface area contributed by atoms with Crippen LogP contribution in [0.25, 0.3) is 0 Å². The molecule has 2 rings (SSSR count). The third-order valence-corrected chi connectivity index (χ3v) is 4.36. The lowest BCUT2D eigenvalue weighted by Crippen LogP contribution is -2.59. The molecule has 0 aromatic heterocycles. The fraction of sp³-hybridized carbons (Fsp3) is 0.611. The van der Waals surface area contributed by atoms with Crippen LogP contribution in [-0.2, 0) is 10.9 Å². The van der Waals surface area contributed by atoms with E-state index in [0.29, 0.717) is 6.07 Å². The molecule has 0 spiro atoms. The third kappa shape index (κ3) is 4.85. The van der Waals surface area contributed by atoms with Crippen LogP contribution >= 0.6 is 0 Å². The fourth-order valence-corrected chi connectivity index (χ4v) is 3.33. The average molecular weight is 403 g/mol. The van der Waals surface area contributed by atoms with Gasteiger partial charge in [-0.25, -0.2) is 4.79 Å². The van der Waals surface area contributed by atoms with E-state index in [2.05, 4.69) is 0 Å². The van der Waals surface area contributed by atoms with E-state index in [1.54, 1.807) is 34.6 Å². The minimum Gasteiger partial charge on any atom is -0.444 e. The van der Waals surface area contributed by atoms with E-state index in [-0.39, 0.29) is 18.8 Å². The van der Waals surface area contributed by atoms with Crippen LogP contribution in [0.2, 0.25) is 0 Å². The number of alkyl halides is 3. The summed E-state index contributed by atoms with van der Waals surface area (Å²) in [4.78, 5) is 25.5. The summed E-state index contributed by atoms with van der Waals surface area (Å²) in [5, 5.41) is 10.9. The second-order valence-corrected chi connectivity index (χ2v) is 7.95. The molecule has 28 heavy (non-hydrogen) atoms. The number of ether oxygens (including phenoxy) is 1. The Hall–Kier alpha value is -2.52. The molecule has 10 heteroatoms. The molecule has 1 fully saturated rings. The molecule has 0 saturated carbocycles. The van der Waals surface area contributed by atoms with Gasteiger partial charge >= 0.3 is 12.3 Å². The summed E-state index contributed by atoms with van der Waals surface area (Å²) in [6.45, 7) is 8.96. The zero-order chi connectivity index (χ0) is 21.4. The van der Waals surface area contributed by atoms with Crippen molar-refractivity contribution in [3.8, 4) is 0 Å². The number of rotatable bonds is 2. The molecule has 1 aliphatic heterocycles. The number of hydrogen-bond donors (Lipinski definition) is 0. The van der Waals surface area contributed by atoms with Crippen molar-refractivity contribution in [2.75, 3.05) is 18.0 Å². The van der Waals surface area contributed by atoms with Crippen molar-refractivity contribution in [2.24, 2.45) is 0 Å². The summed E-state index contributed by atoms with van der Waals surface area (Å²) in [6.07, 6.45) is -5.26. The Kier molecular flexibility index (Phi) is 5.82. The van der Waals surface area contributed by atoms with Crippen molar-refractivity contribution in [2.45, 2.75) is 58.5 Å². The normalized spacial score (nSPS) is 20.9. The van der Waals surface area contributed by atoms with E-state index in [0.717, 1.165) is 12.1 Å². The van der Waals surface area contributed by atoms with Crippen LogP contribution in [0.1, 0.15) is 40.2 Å². The number of nitro benzene ring substituents is 1. The van der Waals surface area contributed by atoms with Gasteiger partial charge in [-0.3, -0.25) is 15.0 Å². The van der Waals surface area contributed by atoms with E-state index >= 15 is 0 Å². The number of halogens is 3. The van der Waals surface area contributed by atoms with Crippen molar-refractivity contribution >= 4 is 17.5 Å². The first-order chi connectivity index (χ1) is 12.7. The molecule has 0 unspecified atom stereocenters. The number of amides is 1. The largest absolute Gasteiger partial charge is 0.444 e. The molecule has 0 radical (unpaired) electrons. The second kappa shape index (κ2) is 7.48. The Bertz CT molecular complexity index is 749. The summed E-state index contributed by atoms with van der Waals surface area (Å²) < 4.78 is 45.9. The van der Waals surface area contributed by atoms with Gasteiger partial charge in [0.2, 0.25) is 0 Å². The van der Waals surface area contributed by atoms with Crippen LogP contribution in [0.15, 0.2) is 18.2 Å². The minimum absolute atomic E-state index is 0.138. The molecule has 1 saturated heterocycles. The highest BCUT2D eigenvalue weighted by atomic mass is 19.4. The van der Waals surface area contributed by atoms with Crippen LogP contribution in [0.3, 0.4) is 0 Å². The van der Waals surface area contributed by atoms with Crippen LogP contribution in [0, 0.1) is 10.1 Å². The van der Waals surface area contributed by atoms with Crippen molar-refractivity contribution < 1.29 is 27.6 Å². The van der Waals surface area contributed by atoms with Gasteiger partial charge in [0, 0.05) is 30.9 Å². The highest BCUT2D eigenvalue weighted by molar-refractivity contribution is 5.70. The molecular formula is C18H24F3N3O4. The molecule has 1 amide bonds. The number of anilines is 1. The number of carbonyl (C=O) groups excluding carboxylic acids is 1. The van der Waals surface area contributed by atoms with Crippen molar-refractivity contribution in [3.63, 3.8) is 0 Å². The summed E-state index contributed by atoms with van der Waals surface area (Å²) in [6, 6.07) is 1.90. The highest BCUT2D eigenvalue weighted by Crippen LogP contribution is 2.39. The molecule has 0 bridgehead atoms. The number of nitrogens with zero attached hydrogens (tertiary/aromatic N) is 3.